The standard InChI is InChI=1S/C11H13N3OS/c1-8(9-5-3-2-4-6-9)15-7-10-13-14-11(12)16-10/h2-6,8H,7H2,1H3,(H2,12,14). The van der Waals surface area contributed by atoms with E-state index in [1.165, 1.54) is 11.3 Å². The van der Waals surface area contributed by atoms with E-state index >= 15 is 0 Å². The van der Waals surface area contributed by atoms with Crippen LogP contribution in [-0.2, 0) is 11.3 Å². The van der Waals surface area contributed by atoms with E-state index in [4.69, 9.17) is 10.5 Å². The number of rotatable bonds is 4. The van der Waals surface area contributed by atoms with Crippen molar-refractivity contribution in [3.63, 3.8) is 0 Å². The molecule has 0 saturated heterocycles. The van der Waals surface area contributed by atoms with E-state index in [-0.39, 0.29) is 6.10 Å². The SMILES string of the molecule is CC(OCc1nnc(N)s1)c1ccccc1. The minimum absolute atomic E-state index is 0.0475. The molecule has 2 aromatic rings. The number of nitrogens with two attached hydrogens (primary N) is 1. The molecule has 0 aliphatic rings. The number of hydrogen-bond donors (Lipinski definition) is 1. The van der Waals surface area contributed by atoms with Crippen molar-refractivity contribution in [2.24, 2.45) is 0 Å². The fourth-order valence-electron chi connectivity index (χ4n) is 1.34. The molecule has 4 nitrogen and oxygen atoms in total. The molecule has 0 fully saturated rings. The Bertz CT molecular complexity index is 444. The Labute approximate surface area is 98.1 Å². The third-order valence-corrected chi connectivity index (χ3v) is 2.93. The molecule has 84 valence electrons. The molecular formula is C11H13N3OS. The van der Waals surface area contributed by atoms with Gasteiger partial charge in [0.1, 0.15) is 11.6 Å². The van der Waals surface area contributed by atoms with Crippen LogP contribution in [0.25, 0.3) is 0 Å². The van der Waals surface area contributed by atoms with Gasteiger partial charge < -0.3 is 10.5 Å². The summed E-state index contributed by atoms with van der Waals surface area (Å²) in [4.78, 5) is 0. The van der Waals surface area contributed by atoms with Gasteiger partial charge >= 0.3 is 0 Å². The third kappa shape index (κ3) is 2.77. The fraction of sp³-hybridized carbons (Fsp3) is 0.273. The van der Waals surface area contributed by atoms with Crippen LogP contribution in [0, 0.1) is 0 Å². The summed E-state index contributed by atoms with van der Waals surface area (Å²) in [5, 5.41) is 8.92. The lowest BCUT2D eigenvalue weighted by molar-refractivity contribution is 0.0521. The third-order valence-electron chi connectivity index (χ3n) is 2.21. The average molecular weight is 235 g/mol. The van der Waals surface area contributed by atoms with Crippen molar-refractivity contribution in [3.05, 3.63) is 40.9 Å². The van der Waals surface area contributed by atoms with Crippen molar-refractivity contribution in [3.8, 4) is 0 Å². The summed E-state index contributed by atoms with van der Waals surface area (Å²) in [5.41, 5.74) is 6.64. The molecule has 1 unspecified atom stereocenters. The second-order valence-electron chi connectivity index (χ2n) is 3.40. The molecule has 0 aliphatic heterocycles. The van der Waals surface area contributed by atoms with Gasteiger partial charge in [0.2, 0.25) is 5.13 Å². The lowest BCUT2D eigenvalue weighted by Crippen LogP contribution is -1.99. The Morgan fingerprint density at radius 3 is 2.69 bits per heavy atom. The minimum Gasteiger partial charge on any atom is -0.374 e. The highest BCUT2D eigenvalue weighted by Gasteiger charge is 2.07. The average Bonchev–Trinajstić information content (AvgIpc) is 2.73. The van der Waals surface area contributed by atoms with E-state index in [0.717, 1.165) is 10.6 Å². The summed E-state index contributed by atoms with van der Waals surface area (Å²) in [6, 6.07) is 10.1. The first-order valence-corrected chi connectivity index (χ1v) is 5.82. The predicted molar refractivity (Wildman–Crippen MR) is 64.0 cm³/mol. The van der Waals surface area contributed by atoms with Crippen LogP contribution < -0.4 is 5.73 Å². The summed E-state index contributed by atoms with van der Waals surface area (Å²) in [7, 11) is 0. The van der Waals surface area contributed by atoms with Gasteiger partial charge in [0.15, 0.2) is 0 Å². The number of anilines is 1. The van der Waals surface area contributed by atoms with Crippen LogP contribution in [0.4, 0.5) is 5.13 Å². The highest BCUT2D eigenvalue weighted by Crippen LogP contribution is 2.19. The topological polar surface area (TPSA) is 61.0 Å². The summed E-state index contributed by atoms with van der Waals surface area (Å²) in [5.74, 6) is 0. The summed E-state index contributed by atoms with van der Waals surface area (Å²) < 4.78 is 5.68. The molecule has 2 N–H and O–H groups in total. The number of nitrogens with zero attached hydrogens (tertiary/aromatic N) is 2. The zero-order valence-corrected chi connectivity index (χ0v) is 9.78. The minimum atomic E-state index is 0.0475. The van der Waals surface area contributed by atoms with Gasteiger partial charge in [-0.1, -0.05) is 41.7 Å². The maximum absolute atomic E-state index is 5.68. The normalized spacial score (nSPS) is 12.6. The van der Waals surface area contributed by atoms with Crippen molar-refractivity contribution in [2.75, 3.05) is 5.73 Å². The molecule has 0 aliphatic carbocycles. The van der Waals surface area contributed by atoms with E-state index in [1.807, 2.05) is 37.3 Å². The molecule has 1 aromatic heterocycles. The van der Waals surface area contributed by atoms with Crippen molar-refractivity contribution in [1.82, 2.24) is 10.2 Å². The van der Waals surface area contributed by atoms with Gasteiger partial charge in [-0.3, -0.25) is 0 Å². The van der Waals surface area contributed by atoms with Gasteiger partial charge in [0.05, 0.1) is 6.10 Å². The summed E-state index contributed by atoms with van der Waals surface area (Å²) >= 11 is 1.36. The maximum Gasteiger partial charge on any atom is 0.203 e. The van der Waals surface area contributed by atoms with Crippen molar-refractivity contribution >= 4 is 16.5 Å². The zero-order valence-electron chi connectivity index (χ0n) is 8.96. The Kier molecular flexibility index (Phi) is 3.48. The van der Waals surface area contributed by atoms with Crippen molar-refractivity contribution in [2.45, 2.75) is 19.6 Å². The first kappa shape index (κ1) is 11.0. The molecule has 1 atom stereocenters. The number of hydrogen-bond acceptors (Lipinski definition) is 5. The van der Waals surface area contributed by atoms with Gasteiger partial charge in [0.25, 0.3) is 0 Å². The van der Waals surface area contributed by atoms with Crippen LogP contribution in [0.15, 0.2) is 30.3 Å². The Hall–Kier alpha value is -1.46. The monoisotopic (exact) mass is 235 g/mol. The maximum atomic E-state index is 5.68. The van der Waals surface area contributed by atoms with E-state index in [1.54, 1.807) is 0 Å². The first-order chi connectivity index (χ1) is 7.75. The number of nitrogen functional groups attached to an aromatic ring is 1. The van der Waals surface area contributed by atoms with Gasteiger partial charge in [-0.05, 0) is 12.5 Å². The molecule has 5 heteroatoms. The summed E-state index contributed by atoms with van der Waals surface area (Å²) in [6.07, 6.45) is 0.0475. The fourth-order valence-corrected chi connectivity index (χ4v) is 1.87. The van der Waals surface area contributed by atoms with E-state index < -0.39 is 0 Å². The van der Waals surface area contributed by atoms with Crippen molar-refractivity contribution in [1.29, 1.82) is 0 Å². The van der Waals surface area contributed by atoms with Crippen LogP contribution in [-0.4, -0.2) is 10.2 Å². The lowest BCUT2D eigenvalue weighted by Gasteiger charge is -2.11. The molecule has 0 radical (unpaired) electrons. The molecule has 0 spiro atoms. The molecule has 1 heterocycles. The molecule has 2 rings (SSSR count). The smallest absolute Gasteiger partial charge is 0.203 e. The van der Waals surface area contributed by atoms with Gasteiger partial charge in [0, 0.05) is 0 Å². The molecule has 16 heavy (non-hydrogen) atoms. The number of ether oxygens (including phenoxy) is 1. The van der Waals surface area contributed by atoms with Crippen molar-refractivity contribution < 1.29 is 4.74 Å². The Balaban J connectivity index is 1.91. The molecule has 1 aromatic carbocycles. The predicted octanol–water partition coefficient (Wildman–Crippen LogP) is 2.40. The first-order valence-electron chi connectivity index (χ1n) is 5.00. The quantitative estimate of drug-likeness (QED) is 0.884. The van der Waals surface area contributed by atoms with Crippen LogP contribution in [0.2, 0.25) is 0 Å². The number of benzene rings is 1. The largest absolute Gasteiger partial charge is 0.374 e. The van der Waals surface area contributed by atoms with Crippen LogP contribution in [0.3, 0.4) is 0 Å². The van der Waals surface area contributed by atoms with Gasteiger partial charge in [-0.2, -0.15) is 0 Å². The second kappa shape index (κ2) is 5.05. The summed E-state index contributed by atoms with van der Waals surface area (Å²) in [6.45, 7) is 2.46. The highest BCUT2D eigenvalue weighted by atomic mass is 32.1. The van der Waals surface area contributed by atoms with Crippen LogP contribution >= 0.6 is 11.3 Å². The lowest BCUT2D eigenvalue weighted by atomic mass is 10.1. The highest BCUT2D eigenvalue weighted by molar-refractivity contribution is 7.15. The van der Waals surface area contributed by atoms with Gasteiger partial charge in [-0.25, -0.2) is 0 Å². The molecular weight excluding hydrogens is 222 g/mol. The molecule has 0 bridgehead atoms. The number of aromatic nitrogens is 2. The Morgan fingerprint density at radius 2 is 2.06 bits per heavy atom. The Morgan fingerprint density at radius 1 is 1.31 bits per heavy atom. The van der Waals surface area contributed by atoms with Crippen LogP contribution in [0.5, 0.6) is 0 Å². The van der Waals surface area contributed by atoms with Crippen LogP contribution in [0.1, 0.15) is 23.6 Å². The van der Waals surface area contributed by atoms with E-state index in [0.29, 0.717) is 11.7 Å². The molecule has 0 amide bonds. The second-order valence-corrected chi connectivity index (χ2v) is 4.49. The van der Waals surface area contributed by atoms with Gasteiger partial charge in [-0.15, -0.1) is 10.2 Å². The zero-order chi connectivity index (χ0) is 11.4. The molecule has 0 saturated carbocycles. The van der Waals surface area contributed by atoms with E-state index in [2.05, 4.69) is 10.2 Å². The van der Waals surface area contributed by atoms with E-state index in [9.17, 15) is 0 Å².